The number of thioether (sulfide) groups is 1. The van der Waals surface area contributed by atoms with E-state index in [0.717, 1.165) is 33.6 Å². The van der Waals surface area contributed by atoms with Crippen LogP contribution in [-0.4, -0.2) is 26.4 Å². The van der Waals surface area contributed by atoms with Gasteiger partial charge in [0.05, 0.1) is 27.3 Å². The number of hydrogen-bond donors (Lipinski definition) is 1. The molecule has 33 heavy (non-hydrogen) atoms. The van der Waals surface area contributed by atoms with E-state index in [0.29, 0.717) is 5.82 Å². The van der Waals surface area contributed by atoms with Crippen LogP contribution >= 0.6 is 11.8 Å². The molecule has 0 saturated carbocycles. The molecule has 0 radical (unpaired) electrons. The van der Waals surface area contributed by atoms with E-state index in [9.17, 15) is 14.9 Å². The number of amides is 1. The Kier molecular flexibility index (Phi) is 5.43. The van der Waals surface area contributed by atoms with Gasteiger partial charge in [-0.3, -0.25) is 14.9 Å². The number of carbonyl (C=O) groups excluding carboxylic acids is 1. The first-order chi connectivity index (χ1) is 16.0. The number of aryl methyl sites for hydroxylation is 1. The van der Waals surface area contributed by atoms with Crippen molar-refractivity contribution in [3.8, 4) is 16.9 Å². The number of nitrogens with one attached hydrogen (secondary N) is 1. The Labute approximate surface area is 194 Å². The van der Waals surface area contributed by atoms with Crippen LogP contribution in [0.5, 0.6) is 0 Å². The first-order valence-corrected chi connectivity index (χ1v) is 11.5. The molecule has 1 unspecified atom stereocenters. The highest BCUT2D eigenvalue weighted by Gasteiger charge is 2.32. The van der Waals surface area contributed by atoms with Crippen LogP contribution in [0.4, 0.5) is 11.5 Å². The molecule has 5 rings (SSSR count). The topological polar surface area (TPSA) is 90.1 Å². The molecule has 3 aromatic carbocycles. The number of non-ortho nitro benzene ring substituents is 1. The fourth-order valence-electron chi connectivity index (χ4n) is 3.93. The van der Waals surface area contributed by atoms with E-state index < -0.39 is 4.92 Å². The van der Waals surface area contributed by atoms with Gasteiger partial charge in [0.1, 0.15) is 5.82 Å². The first kappa shape index (κ1) is 21.0. The minimum Gasteiger partial charge on any atom is -0.310 e. The lowest BCUT2D eigenvalue weighted by Gasteiger charge is -2.16. The molecule has 1 atom stereocenters. The van der Waals surface area contributed by atoms with Gasteiger partial charge in [-0.15, -0.1) is 11.8 Å². The quantitative estimate of drug-likeness (QED) is 0.322. The number of fused-ring (bicyclic) bond motifs is 1. The fraction of sp³-hybridized carbons (Fsp3) is 0.120. The maximum Gasteiger partial charge on any atom is 0.269 e. The molecule has 7 nitrogen and oxygen atoms in total. The summed E-state index contributed by atoms with van der Waals surface area (Å²) in [4.78, 5) is 23.4. The van der Waals surface area contributed by atoms with Crippen molar-refractivity contribution in [2.45, 2.75) is 12.2 Å². The van der Waals surface area contributed by atoms with Gasteiger partial charge in [-0.05, 0) is 24.6 Å². The lowest BCUT2D eigenvalue weighted by atomic mass is 9.99. The monoisotopic (exact) mass is 456 g/mol. The Morgan fingerprint density at radius 3 is 2.39 bits per heavy atom. The highest BCUT2D eigenvalue weighted by Crippen LogP contribution is 2.47. The predicted octanol–water partition coefficient (Wildman–Crippen LogP) is 5.53. The largest absolute Gasteiger partial charge is 0.310 e. The van der Waals surface area contributed by atoms with Crippen LogP contribution in [-0.2, 0) is 4.79 Å². The van der Waals surface area contributed by atoms with E-state index in [4.69, 9.17) is 5.10 Å². The maximum atomic E-state index is 12.7. The molecule has 164 valence electrons. The number of nitro benzene ring substituents is 1. The van der Waals surface area contributed by atoms with Crippen LogP contribution < -0.4 is 5.32 Å². The van der Waals surface area contributed by atoms with E-state index in [-0.39, 0.29) is 22.6 Å². The lowest BCUT2D eigenvalue weighted by Crippen LogP contribution is -2.15. The van der Waals surface area contributed by atoms with Crippen LogP contribution in [0, 0.1) is 17.0 Å². The molecule has 1 aromatic heterocycles. The van der Waals surface area contributed by atoms with Gasteiger partial charge in [-0.1, -0.05) is 60.2 Å². The van der Waals surface area contributed by atoms with Gasteiger partial charge in [-0.25, -0.2) is 4.68 Å². The number of rotatable bonds is 4. The Morgan fingerprint density at radius 1 is 1.03 bits per heavy atom. The predicted molar refractivity (Wildman–Crippen MR) is 130 cm³/mol. The van der Waals surface area contributed by atoms with E-state index in [2.05, 4.69) is 5.32 Å². The number of anilines is 1. The van der Waals surface area contributed by atoms with Gasteiger partial charge in [0, 0.05) is 23.3 Å². The zero-order valence-corrected chi connectivity index (χ0v) is 18.6. The van der Waals surface area contributed by atoms with E-state index >= 15 is 0 Å². The molecule has 2 heterocycles. The Balaban J connectivity index is 1.74. The summed E-state index contributed by atoms with van der Waals surface area (Å²) in [6.45, 7) is 2.02. The zero-order valence-electron chi connectivity index (χ0n) is 17.8. The molecule has 1 aliphatic rings. The van der Waals surface area contributed by atoms with Crippen molar-refractivity contribution in [1.29, 1.82) is 0 Å². The van der Waals surface area contributed by atoms with Crippen LogP contribution in [0.2, 0.25) is 0 Å². The SMILES string of the molecule is Cc1ccc(-n2nc(-c3ccccc3)c3c2NC(=O)CSC3c2ccc([N+](=O)[O-])cc2)cc1. The maximum absolute atomic E-state index is 12.7. The molecular formula is C25H20N4O3S. The Hall–Kier alpha value is -3.91. The number of aromatic nitrogens is 2. The normalized spacial score (nSPS) is 15.4. The standard InChI is InChI=1S/C25H20N4O3S/c1-16-7-11-19(12-8-16)28-25-22(23(27-28)17-5-3-2-4-6-17)24(33-15-21(30)26-25)18-9-13-20(14-10-18)29(31)32/h2-14,24H,15H2,1H3,(H,26,30). The van der Waals surface area contributed by atoms with Crippen molar-refractivity contribution in [2.75, 3.05) is 11.1 Å². The van der Waals surface area contributed by atoms with Gasteiger partial charge in [0.2, 0.25) is 5.91 Å². The van der Waals surface area contributed by atoms with Crippen molar-refractivity contribution < 1.29 is 9.72 Å². The lowest BCUT2D eigenvalue weighted by molar-refractivity contribution is -0.384. The molecule has 4 aromatic rings. The second kappa shape index (κ2) is 8.55. The van der Waals surface area contributed by atoms with Gasteiger partial charge in [0.25, 0.3) is 5.69 Å². The molecule has 0 spiro atoms. The van der Waals surface area contributed by atoms with Crippen molar-refractivity contribution in [1.82, 2.24) is 9.78 Å². The summed E-state index contributed by atoms with van der Waals surface area (Å²) in [5, 5.41) is 18.9. The average molecular weight is 457 g/mol. The van der Waals surface area contributed by atoms with E-state index in [1.54, 1.807) is 16.8 Å². The third-order valence-electron chi connectivity index (χ3n) is 5.56. The van der Waals surface area contributed by atoms with Crippen LogP contribution in [0.1, 0.15) is 21.9 Å². The van der Waals surface area contributed by atoms with Crippen LogP contribution in [0.3, 0.4) is 0 Å². The molecule has 0 fully saturated rings. The summed E-state index contributed by atoms with van der Waals surface area (Å²) < 4.78 is 1.78. The molecule has 8 heteroatoms. The smallest absolute Gasteiger partial charge is 0.269 e. The minimum absolute atomic E-state index is 0.0328. The molecule has 0 aliphatic carbocycles. The van der Waals surface area contributed by atoms with Gasteiger partial charge in [0.15, 0.2) is 0 Å². The van der Waals surface area contributed by atoms with Crippen molar-refractivity contribution >= 4 is 29.2 Å². The minimum atomic E-state index is -0.411. The van der Waals surface area contributed by atoms with Gasteiger partial charge >= 0.3 is 0 Å². The van der Waals surface area contributed by atoms with Crippen molar-refractivity contribution in [3.05, 3.63) is 106 Å². The average Bonchev–Trinajstić information content (AvgIpc) is 3.10. The molecule has 1 N–H and O–H groups in total. The summed E-state index contributed by atoms with van der Waals surface area (Å²) in [5.74, 6) is 0.771. The van der Waals surface area contributed by atoms with Crippen LogP contribution in [0.15, 0.2) is 78.9 Å². The Morgan fingerprint density at radius 2 is 1.73 bits per heavy atom. The summed E-state index contributed by atoms with van der Waals surface area (Å²) in [5.41, 5.74) is 5.46. The second-order valence-corrected chi connectivity index (χ2v) is 8.91. The molecular weight excluding hydrogens is 436 g/mol. The number of benzene rings is 3. The summed E-state index contributed by atoms with van der Waals surface area (Å²) in [6.07, 6.45) is 0. The molecule has 0 saturated heterocycles. The van der Waals surface area contributed by atoms with Crippen molar-refractivity contribution in [2.24, 2.45) is 0 Å². The number of nitrogens with zero attached hydrogens (tertiary/aromatic N) is 3. The summed E-state index contributed by atoms with van der Waals surface area (Å²) in [6, 6.07) is 24.3. The third kappa shape index (κ3) is 4.01. The van der Waals surface area contributed by atoms with Crippen molar-refractivity contribution in [3.63, 3.8) is 0 Å². The number of hydrogen-bond acceptors (Lipinski definition) is 5. The van der Waals surface area contributed by atoms with Crippen LogP contribution in [0.25, 0.3) is 16.9 Å². The number of nitro groups is 1. The van der Waals surface area contributed by atoms with Gasteiger partial charge in [-0.2, -0.15) is 5.10 Å². The zero-order chi connectivity index (χ0) is 22.9. The number of carbonyl (C=O) groups is 1. The highest BCUT2D eigenvalue weighted by molar-refractivity contribution is 8.00. The Bertz CT molecular complexity index is 1330. The van der Waals surface area contributed by atoms with E-state index in [1.807, 2.05) is 61.5 Å². The molecule has 0 bridgehead atoms. The van der Waals surface area contributed by atoms with E-state index in [1.165, 1.54) is 23.9 Å². The second-order valence-electron chi connectivity index (χ2n) is 7.81. The summed E-state index contributed by atoms with van der Waals surface area (Å²) in [7, 11) is 0. The highest BCUT2D eigenvalue weighted by atomic mass is 32.2. The molecule has 1 aliphatic heterocycles. The fourth-order valence-corrected chi connectivity index (χ4v) is 5.05. The van der Waals surface area contributed by atoms with Gasteiger partial charge < -0.3 is 5.32 Å². The third-order valence-corrected chi connectivity index (χ3v) is 6.83. The first-order valence-electron chi connectivity index (χ1n) is 10.4. The summed E-state index contributed by atoms with van der Waals surface area (Å²) >= 11 is 1.49. The molecule has 1 amide bonds.